The summed E-state index contributed by atoms with van der Waals surface area (Å²) in [5.74, 6) is -0.116. The van der Waals surface area contributed by atoms with Gasteiger partial charge in [0.2, 0.25) is 5.91 Å². The lowest BCUT2D eigenvalue weighted by Gasteiger charge is -2.14. The summed E-state index contributed by atoms with van der Waals surface area (Å²) >= 11 is 1.50. The molecule has 0 bridgehead atoms. The first-order valence-electron chi connectivity index (χ1n) is 10.9. The number of aromatic nitrogens is 2. The molecule has 8 heteroatoms. The van der Waals surface area contributed by atoms with Gasteiger partial charge in [0.05, 0.1) is 30.4 Å². The fourth-order valence-corrected chi connectivity index (χ4v) is 4.91. The average molecular weight is 463 g/mol. The van der Waals surface area contributed by atoms with Crippen LogP contribution in [0.3, 0.4) is 0 Å². The Hall–Kier alpha value is -3.12. The molecule has 0 aliphatic heterocycles. The molecule has 0 saturated heterocycles. The predicted molar refractivity (Wildman–Crippen MR) is 127 cm³/mol. The number of nitrogens with zero attached hydrogens (tertiary/aromatic N) is 3. The third-order valence-corrected chi connectivity index (χ3v) is 6.59. The van der Waals surface area contributed by atoms with Crippen LogP contribution in [0.5, 0.6) is 0 Å². The summed E-state index contributed by atoms with van der Waals surface area (Å²) in [6.45, 7) is 4.40. The topological polar surface area (TPSA) is 97.1 Å². The first kappa shape index (κ1) is 23.1. The number of ether oxygens (including phenoxy) is 2. The highest BCUT2D eigenvalue weighted by atomic mass is 32.1. The molecule has 1 aliphatic carbocycles. The van der Waals surface area contributed by atoms with E-state index in [9.17, 15) is 10.1 Å². The van der Waals surface area contributed by atoms with Crippen molar-refractivity contribution in [2.75, 3.05) is 13.7 Å². The molecule has 1 aromatic heterocycles. The van der Waals surface area contributed by atoms with Crippen LogP contribution in [0.4, 0.5) is 0 Å². The molecule has 0 radical (unpaired) electrons. The fraction of sp³-hybridized carbons (Fsp3) is 0.360. The summed E-state index contributed by atoms with van der Waals surface area (Å²) in [4.78, 5) is 12.0. The monoisotopic (exact) mass is 462 g/mol. The number of hydrogen-bond donors (Lipinski definition) is 1. The fourth-order valence-electron chi connectivity index (χ4n) is 4.02. The SMILES string of the molecule is COCC(=O)N[C@H]1CCc2c(-c3nnc(-c4ccc(COC(C)C)c(C#N)c4)s3)cccc21. The van der Waals surface area contributed by atoms with Gasteiger partial charge in [0.25, 0.3) is 0 Å². The van der Waals surface area contributed by atoms with Crippen molar-refractivity contribution in [3.8, 4) is 27.2 Å². The third kappa shape index (κ3) is 5.11. The lowest BCUT2D eigenvalue weighted by Crippen LogP contribution is -2.30. The van der Waals surface area contributed by atoms with Crippen LogP contribution in [0.2, 0.25) is 0 Å². The van der Waals surface area contributed by atoms with Crippen LogP contribution in [-0.4, -0.2) is 35.9 Å². The van der Waals surface area contributed by atoms with Crippen LogP contribution in [-0.2, 0) is 27.3 Å². The number of carbonyl (C=O) groups is 1. The zero-order chi connectivity index (χ0) is 23.4. The second-order valence-electron chi connectivity index (χ2n) is 8.22. The van der Waals surface area contributed by atoms with Crippen LogP contribution in [0, 0.1) is 11.3 Å². The number of nitrogens with one attached hydrogen (secondary N) is 1. The van der Waals surface area contributed by atoms with E-state index >= 15 is 0 Å². The van der Waals surface area contributed by atoms with Crippen LogP contribution in [0.25, 0.3) is 21.1 Å². The molecule has 0 fully saturated rings. The van der Waals surface area contributed by atoms with E-state index in [1.54, 1.807) is 0 Å². The number of methoxy groups -OCH3 is 1. The number of amides is 1. The average Bonchev–Trinajstić information content (AvgIpc) is 3.45. The number of nitriles is 1. The molecule has 1 heterocycles. The minimum atomic E-state index is -0.116. The van der Waals surface area contributed by atoms with Gasteiger partial charge in [-0.25, -0.2) is 0 Å². The van der Waals surface area contributed by atoms with Crippen molar-refractivity contribution in [1.82, 2.24) is 15.5 Å². The van der Waals surface area contributed by atoms with E-state index in [4.69, 9.17) is 9.47 Å². The third-order valence-electron chi connectivity index (χ3n) is 5.59. The maximum atomic E-state index is 12.0. The number of fused-ring (bicyclic) bond motifs is 1. The largest absolute Gasteiger partial charge is 0.375 e. The van der Waals surface area contributed by atoms with Crippen molar-refractivity contribution < 1.29 is 14.3 Å². The number of hydrogen-bond acceptors (Lipinski definition) is 7. The smallest absolute Gasteiger partial charge is 0.246 e. The highest BCUT2D eigenvalue weighted by molar-refractivity contribution is 7.17. The number of carbonyl (C=O) groups excluding carboxylic acids is 1. The van der Waals surface area contributed by atoms with E-state index in [-0.39, 0.29) is 24.7 Å². The molecule has 3 aromatic rings. The highest BCUT2D eigenvalue weighted by Gasteiger charge is 2.27. The Morgan fingerprint density at radius 1 is 1.27 bits per heavy atom. The van der Waals surface area contributed by atoms with Crippen molar-refractivity contribution in [3.63, 3.8) is 0 Å². The second-order valence-corrected chi connectivity index (χ2v) is 9.20. The Labute approximate surface area is 197 Å². The van der Waals surface area contributed by atoms with E-state index < -0.39 is 0 Å². The molecule has 33 heavy (non-hydrogen) atoms. The summed E-state index contributed by atoms with van der Waals surface area (Å²) in [5.41, 5.74) is 5.67. The summed E-state index contributed by atoms with van der Waals surface area (Å²) in [6, 6.07) is 14.1. The van der Waals surface area contributed by atoms with Gasteiger partial charge in [0, 0.05) is 18.2 Å². The van der Waals surface area contributed by atoms with Gasteiger partial charge in [-0.3, -0.25) is 4.79 Å². The van der Waals surface area contributed by atoms with Gasteiger partial charge < -0.3 is 14.8 Å². The van der Waals surface area contributed by atoms with Gasteiger partial charge in [0.15, 0.2) is 0 Å². The van der Waals surface area contributed by atoms with Gasteiger partial charge in [-0.05, 0) is 49.4 Å². The Morgan fingerprint density at radius 2 is 2.09 bits per heavy atom. The van der Waals surface area contributed by atoms with Gasteiger partial charge >= 0.3 is 0 Å². The lowest BCUT2D eigenvalue weighted by atomic mass is 10.0. The molecule has 0 unspecified atom stereocenters. The van der Waals surface area contributed by atoms with E-state index in [0.717, 1.165) is 45.1 Å². The molecular formula is C25H26N4O3S. The first-order valence-corrected chi connectivity index (χ1v) is 11.7. The Balaban J connectivity index is 1.58. The summed E-state index contributed by atoms with van der Waals surface area (Å²) < 4.78 is 10.6. The zero-order valence-corrected chi connectivity index (χ0v) is 19.7. The normalized spacial score (nSPS) is 14.8. The molecule has 1 atom stereocenters. The summed E-state index contributed by atoms with van der Waals surface area (Å²) in [7, 11) is 1.51. The Bertz CT molecular complexity index is 1200. The van der Waals surface area contributed by atoms with E-state index in [0.29, 0.717) is 12.2 Å². The quantitative estimate of drug-likeness (QED) is 0.532. The minimum absolute atomic E-state index is 0.0196. The number of rotatable bonds is 8. The van der Waals surface area contributed by atoms with Gasteiger partial charge in [0.1, 0.15) is 16.6 Å². The molecule has 1 N–H and O–H groups in total. The molecule has 0 saturated carbocycles. The van der Waals surface area contributed by atoms with Crippen LogP contribution in [0.15, 0.2) is 36.4 Å². The van der Waals surface area contributed by atoms with Crippen molar-refractivity contribution >= 4 is 17.2 Å². The molecule has 1 aliphatic rings. The Morgan fingerprint density at radius 3 is 2.85 bits per heavy atom. The standard InChI is InChI=1S/C25H26N4O3S/c1-15(2)32-13-17-8-7-16(11-18(17)12-26)24-28-29-25(33-24)21-6-4-5-20-19(21)9-10-22(20)27-23(30)14-31-3/h4-8,11,15,22H,9-10,13-14H2,1-3H3,(H,27,30)/t22-/m0/s1. The molecule has 2 aromatic carbocycles. The first-order chi connectivity index (χ1) is 16.0. The van der Waals surface area contributed by atoms with Crippen LogP contribution >= 0.6 is 11.3 Å². The minimum Gasteiger partial charge on any atom is -0.375 e. The van der Waals surface area contributed by atoms with Crippen molar-refractivity contribution in [2.24, 2.45) is 0 Å². The molecule has 7 nitrogen and oxygen atoms in total. The van der Waals surface area contributed by atoms with E-state index in [1.807, 2.05) is 38.1 Å². The molecule has 170 valence electrons. The van der Waals surface area contributed by atoms with E-state index in [1.165, 1.54) is 24.0 Å². The van der Waals surface area contributed by atoms with Gasteiger partial charge in [-0.1, -0.05) is 41.7 Å². The summed E-state index contributed by atoms with van der Waals surface area (Å²) in [6.07, 6.45) is 1.81. The molecule has 0 spiro atoms. The molecule has 4 rings (SSSR count). The highest BCUT2D eigenvalue weighted by Crippen LogP contribution is 2.40. The summed E-state index contributed by atoms with van der Waals surface area (Å²) in [5, 5.41) is 23.1. The maximum Gasteiger partial charge on any atom is 0.246 e. The predicted octanol–water partition coefficient (Wildman–Crippen LogP) is 4.42. The molecular weight excluding hydrogens is 436 g/mol. The van der Waals surface area contributed by atoms with Crippen LogP contribution in [0.1, 0.15) is 48.6 Å². The van der Waals surface area contributed by atoms with Crippen molar-refractivity contribution in [3.05, 3.63) is 58.7 Å². The second kappa shape index (κ2) is 10.2. The van der Waals surface area contributed by atoms with Crippen molar-refractivity contribution in [2.45, 2.75) is 45.4 Å². The van der Waals surface area contributed by atoms with Gasteiger partial charge in [-0.15, -0.1) is 10.2 Å². The number of benzene rings is 2. The molecule has 1 amide bonds. The Kier molecular flexibility index (Phi) is 7.14. The van der Waals surface area contributed by atoms with Crippen molar-refractivity contribution in [1.29, 1.82) is 5.26 Å². The van der Waals surface area contributed by atoms with Crippen LogP contribution < -0.4 is 5.32 Å². The lowest BCUT2D eigenvalue weighted by molar-refractivity contribution is -0.125. The van der Waals surface area contributed by atoms with Gasteiger partial charge in [-0.2, -0.15) is 5.26 Å². The zero-order valence-electron chi connectivity index (χ0n) is 18.9. The maximum absolute atomic E-state index is 12.0. The van der Waals surface area contributed by atoms with E-state index in [2.05, 4.69) is 33.7 Å².